The van der Waals surface area contributed by atoms with Crippen LogP contribution in [-0.2, 0) is 0 Å². The van der Waals surface area contributed by atoms with Crippen molar-refractivity contribution in [3.63, 3.8) is 0 Å². The van der Waals surface area contributed by atoms with Crippen molar-refractivity contribution in [3.8, 4) is 5.75 Å². The number of ether oxygens (including phenoxy) is 1. The number of piperidine rings is 1. The number of nitrogens with zero attached hydrogens (tertiary/aromatic N) is 2. The van der Waals surface area contributed by atoms with Crippen LogP contribution in [0.15, 0.2) is 16.7 Å². The van der Waals surface area contributed by atoms with Crippen LogP contribution in [0.25, 0.3) is 0 Å². The lowest BCUT2D eigenvalue weighted by atomic mass is 10.00. The quantitative estimate of drug-likeness (QED) is 0.794. The third kappa shape index (κ3) is 2.26. The largest absolute Gasteiger partial charge is 0.490 e. The van der Waals surface area contributed by atoms with Gasteiger partial charge in [-0.05, 0) is 54.2 Å². The van der Waals surface area contributed by atoms with E-state index in [9.17, 15) is 0 Å². The fourth-order valence-electron chi connectivity index (χ4n) is 3.23. The highest BCUT2D eigenvalue weighted by Gasteiger charge is 2.43. The Balaban J connectivity index is 1.62. The maximum Gasteiger partial charge on any atom is 0.143 e. The van der Waals surface area contributed by atoms with Crippen molar-refractivity contribution in [3.05, 3.63) is 21.9 Å². The highest BCUT2D eigenvalue weighted by Crippen LogP contribution is 2.41. The number of aromatic nitrogens is 1. The van der Waals surface area contributed by atoms with Gasteiger partial charge in [-0.2, -0.15) is 0 Å². The SMILES string of the molecule is CN1C2CCC(C2)C1COc1cnc(Cl)c(Br)c1. The molecule has 98 valence electrons. The molecule has 18 heavy (non-hydrogen) atoms. The Morgan fingerprint density at radius 3 is 3.06 bits per heavy atom. The zero-order chi connectivity index (χ0) is 12.7. The Morgan fingerprint density at radius 2 is 2.39 bits per heavy atom. The van der Waals surface area contributed by atoms with Crippen molar-refractivity contribution in [1.82, 2.24) is 9.88 Å². The summed E-state index contributed by atoms with van der Waals surface area (Å²) < 4.78 is 6.64. The number of pyridine rings is 1. The van der Waals surface area contributed by atoms with E-state index in [4.69, 9.17) is 16.3 Å². The first-order valence-electron chi connectivity index (χ1n) is 6.31. The standard InChI is InChI=1S/C13H16BrClN2O/c1-17-9-3-2-8(4-9)12(17)7-18-10-5-11(14)13(15)16-6-10/h5-6,8-9,12H,2-4,7H2,1H3. The van der Waals surface area contributed by atoms with Gasteiger partial charge in [0.1, 0.15) is 17.5 Å². The van der Waals surface area contributed by atoms with Gasteiger partial charge in [-0.1, -0.05) is 11.6 Å². The van der Waals surface area contributed by atoms with Crippen LogP contribution >= 0.6 is 27.5 Å². The molecule has 1 aromatic heterocycles. The van der Waals surface area contributed by atoms with Gasteiger partial charge in [0.25, 0.3) is 0 Å². The van der Waals surface area contributed by atoms with Crippen LogP contribution in [0.2, 0.25) is 5.15 Å². The van der Waals surface area contributed by atoms with Gasteiger partial charge in [-0.15, -0.1) is 0 Å². The molecule has 3 rings (SSSR count). The van der Waals surface area contributed by atoms with Crippen molar-refractivity contribution >= 4 is 27.5 Å². The predicted molar refractivity (Wildman–Crippen MR) is 75.1 cm³/mol. The van der Waals surface area contributed by atoms with E-state index in [-0.39, 0.29) is 0 Å². The van der Waals surface area contributed by atoms with Gasteiger partial charge in [0.2, 0.25) is 0 Å². The topological polar surface area (TPSA) is 25.4 Å². The summed E-state index contributed by atoms with van der Waals surface area (Å²) in [6.45, 7) is 0.743. The number of hydrogen-bond acceptors (Lipinski definition) is 3. The maximum atomic E-state index is 5.86. The van der Waals surface area contributed by atoms with E-state index in [1.165, 1.54) is 19.3 Å². The van der Waals surface area contributed by atoms with Crippen molar-refractivity contribution in [2.24, 2.45) is 5.92 Å². The first-order chi connectivity index (χ1) is 8.65. The zero-order valence-corrected chi connectivity index (χ0v) is 12.6. The third-order valence-electron chi connectivity index (χ3n) is 4.28. The van der Waals surface area contributed by atoms with Crippen LogP contribution in [0.4, 0.5) is 0 Å². The minimum Gasteiger partial charge on any atom is -0.490 e. The molecule has 0 spiro atoms. The normalized spacial score (nSPS) is 30.9. The molecule has 1 aliphatic carbocycles. The lowest BCUT2D eigenvalue weighted by Gasteiger charge is -2.31. The van der Waals surface area contributed by atoms with Gasteiger partial charge in [0.15, 0.2) is 0 Å². The molecule has 1 saturated carbocycles. The highest BCUT2D eigenvalue weighted by atomic mass is 79.9. The fraction of sp³-hybridized carbons (Fsp3) is 0.615. The van der Waals surface area contributed by atoms with E-state index in [1.54, 1.807) is 6.20 Å². The summed E-state index contributed by atoms with van der Waals surface area (Å²) in [5.74, 6) is 1.59. The lowest BCUT2D eigenvalue weighted by Crippen LogP contribution is -2.41. The van der Waals surface area contributed by atoms with E-state index in [2.05, 4.69) is 32.9 Å². The van der Waals surface area contributed by atoms with E-state index in [1.807, 2.05) is 6.07 Å². The highest BCUT2D eigenvalue weighted by molar-refractivity contribution is 9.10. The average Bonchev–Trinajstić information content (AvgIpc) is 2.92. The summed E-state index contributed by atoms with van der Waals surface area (Å²) in [6, 6.07) is 3.21. The predicted octanol–water partition coefficient (Wildman–Crippen LogP) is 3.36. The summed E-state index contributed by atoms with van der Waals surface area (Å²) in [7, 11) is 2.22. The number of fused-ring (bicyclic) bond motifs is 2. The van der Waals surface area contributed by atoms with Gasteiger partial charge in [-0.25, -0.2) is 4.98 Å². The van der Waals surface area contributed by atoms with Crippen LogP contribution in [-0.4, -0.2) is 35.6 Å². The molecule has 0 aromatic carbocycles. The summed E-state index contributed by atoms with van der Waals surface area (Å²) in [6.07, 6.45) is 5.73. The second kappa shape index (κ2) is 4.99. The number of rotatable bonds is 3. The molecule has 3 atom stereocenters. The first-order valence-corrected chi connectivity index (χ1v) is 7.48. The van der Waals surface area contributed by atoms with Gasteiger partial charge in [-0.3, -0.25) is 4.90 Å². The van der Waals surface area contributed by atoms with Gasteiger partial charge in [0.05, 0.1) is 10.7 Å². The van der Waals surface area contributed by atoms with Crippen LogP contribution in [0.3, 0.4) is 0 Å². The minimum absolute atomic E-state index is 0.472. The summed E-state index contributed by atoms with van der Waals surface area (Å²) in [5, 5.41) is 0.472. The van der Waals surface area contributed by atoms with Gasteiger partial charge < -0.3 is 4.74 Å². The van der Waals surface area contributed by atoms with E-state index >= 15 is 0 Å². The number of likely N-dealkylation sites (tertiary alicyclic amines) is 1. The molecule has 5 heteroatoms. The van der Waals surface area contributed by atoms with Crippen molar-refractivity contribution < 1.29 is 4.74 Å². The molecule has 1 aromatic rings. The molecular formula is C13H16BrClN2O. The minimum atomic E-state index is 0.472. The van der Waals surface area contributed by atoms with Crippen LogP contribution in [0.5, 0.6) is 5.75 Å². The molecule has 2 heterocycles. The summed E-state index contributed by atoms with van der Waals surface area (Å²) >= 11 is 9.22. The molecular weight excluding hydrogens is 316 g/mol. The molecule has 0 N–H and O–H groups in total. The Bertz CT molecular complexity index is 455. The summed E-state index contributed by atoms with van der Waals surface area (Å²) in [5.41, 5.74) is 0. The second-order valence-corrected chi connectivity index (χ2v) is 6.43. The van der Waals surface area contributed by atoms with Gasteiger partial charge >= 0.3 is 0 Å². The molecule has 1 aliphatic heterocycles. The van der Waals surface area contributed by atoms with Crippen molar-refractivity contribution in [1.29, 1.82) is 0 Å². The number of likely N-dealkylation sites (N-methyl/N-ethyl adjacent to an activating group) is 1. The van der Waals surface area contributed by atoms with E-state index in [0.29, 0.717) is 11.2 Å². The van der Waals surface area contributed by atoms with Crippen LogP contribution in [0.1, 0.15) is 19.3 Å². The molecule has 0 radical (unpaired) electrons. The average molecular weight is 332 g/mol. The van der Waals surface area contributed by atoms with Crippen molar-refractivity contribution in [2.45, 2.75) is 31.3 Å². The van der Waals surface area contributed by atoms with Crippen LogP contribution in [0, 0.1) is 5.92 Å². The lowest BCUT2D eigenvalue weighted by molar-refractivity contribution is 0.118. The fourth-order valence-corrected chi connectivity index (χ4v) is 3.66. The molecule has 2 fully saturated rings. The van der Waals surface area contributed by atoms with Gasteiger partial charge in [0, 0.05) is 12.1 Å². The Kier molecular flexibility index (Phi) is 3.52. The monoisotopic (exact) mass is 330 g/mol. The van der Waals surface area contributed by atoms with E-state index in [0.717, 1.165) is 28.8 Å². The molecule has 3 unspecified atom stereocenters. The van der Waals surface area contributed by atoms with Crippen molar-refractivity contribution in [2.75, 3.05) is 13.7 Å². The zero-order valence-electron chi connectivity index (χ0n) is 10.3. The molecule has 3 nitrogen and oxygen atoms in total. The molecule has 2 bridgehead atoms. The van der Waals surface area contributed by atoms with Crippen LogP contribution < -0.4 is 4.74 Å². The first kappa shape index (κ1) is 12.7. The maximum absolute atomic E-state index is 5.86. The Morgan fingerprint density at radius 1 is 1.56 bits per heavy atom. The second-order valence-electron chi connectivity index (χ2n) is 5.21. The molecule has 1 saturated heterocycles. The third-order valence-corrected chi connectivity index (χ3v) is 5.41. The molecule has 0 amide bonds. The number of halogens is 2. The summed E-state index contributed by atoms with van der Waals surface area (Å²) in [4.78, 5) is 6.55. The Hall–Kier alpha value is -0.320. The Labute approximate surface area is 121 Å². The molecule has 2 aliphatic rings. The number of hydrogen-bond donors (Lipinski definition) is 0. The van der Waals surface area contributed by atoms with E-state index < -0.39 is 0 Å². The smallest absolute Gasteiger partial charge is 0.143 e.